The number of nitro groups is 1. The first kappa shape index (κ1) is 12.2. The van der Waals surface area contributed by atoms with Crippen molar-refractivity contribution in [1.29, 1.82) is 0 Å². The third-order valence-electron chi connectivity index (χ3n) is 2.40. The lowest BCUT2D eigenvalue weighted by Crippen LogP contribution is -2.21. The van der Waals surface area contributed by atoms with Crippen molar-refractivity contribution < 1.29 is 9.72 Å². The van der Waals surface area contributed by atoms with Crippen LogP contribution in [-0.2, 0) is 4.79 Å². The Bertz CT molecular complexity index is 404. The van der Waals surface area contributed by atoms with Gasteiger partial charge in [0.2, 0.25) is 5.91 Å². The Morgan fingerprint density at radius 3 is 2.75 bits per heavy atom. The predicted octanol–water partition coefficient (Wildman–Crippen LogP) is 1.96. The molecule has 86 valence electrons. The summed E-state index contributed by atoms with van der Waals surface area (Å²) < 4.78 is 0. The highest BCUT2D eigenvalue weighted by Gasteiger charge is 2.18. The summed E-state index contributed by atoms with van der Waals surface area (Å²) in [7, 11) is 0. The Hall–Kier alpha value is -1.91. The molecule has 1 aromatic carbocycles. The average Bonchev–Trinajstić information content (AvgIpc) is 2.25. The molecule has 16 heavy (non-hydrogen) atoms. The maximum Gasteiger partial charge on any atom is 0.269 e. The van der Waals surface area contributed by atoms with Gasteiger partial charge in [-0.1, -0.05) is 25.5 Å². The van der Waals surface area contributed by atoms with Crippen LogP contribution in [0.5, 0.6) is 0 Å². The summed E-state index contributed by atoms with van der Waals surface area (Å²) in [6.07, 6.45) is 1.41. The van der Waals surface area contributed by atoms with Crippen molar-refractivity contribution in [1.82, 2.24) is 0 Å². The van der Waals surface area contributed by atoms with Crippen LogP contribution in [0.3, 0.4) is 0 Å². The number of hydrogen-bond acceptors (Lipinski definition) is 3. The molecule has 1 amide bonds. The fourth-order valence-electron chi connectivity index (χ4n) is 1.62. The minimum absolute atomic E-state index is 0.0140. The second-order valence-corrected chi connectivity index (χ2v) is 3.60. The SMILES string of the molecule is CCCC(C(N)=O)c1cccc([N+](=O)[O-])c1. The van der Waals surface area contributed by atoms with E-state index in [2.05, 4.69) is 0 Å². The molecule has 0 aliphatic carbocycles. The number of nitrogens with two attached hydrogens (primary N) is 1. The number of amides is 1. The van der Waals surface area contributed by atoms with Crippen LogP contribution in [0.25, 0.3) is 0 Å². The number of nitro benzene ring substituents is 1. The third-order valence-corrected chi connectivity index (χ3v) is 2.40. The second kappa shape index (κ2) is 5.25. The van der Waals surface area contributed by atoms with Crippen molar-refractivity contribution in [3.05, 3.63) is 39.9 Å². The van der Waals surface area contributed by atoms with Gasteiger partial charge in [0, 0.05) is 12.1 Å². The van der Waals surface area contributed by atoms with Gasteiger partial charge in [-0.2, -0.15) is 0 Å². The lowest BCUT2D eigenvalue weighted by atomic mass is 9.93. The van der Waals surface area contributed by atoms with Crippen molar-refractivity contribution in [2.24, 2.45) is 5.73 Å². The number of primary amides is 1. The summed E-state index contributed by atoms with van der Waals surface area (Å²) in [6, 6.07) is 6.07. The van der Waals surface area contributed by atoms with Crippen molar-refractivity contribution in [2.45, 2.75) is 25.7 Å². The molecular weight excluding hydrogens is 208 g/mol. The van der Waals surface area contributed by atoms with Crippen LogP contribution in [-0.4, -0.2) is 10.8 Å². The Morgan fingerprint density at radius 1 is 1.56 bits per heavy atom. The molecule has 1 atom stereocenters. The Morgan fingerprint density at radius 2 is 2.25 bits per heavy atom. The van der Waals surface area contributed by atoms with Crippen molar-refractivity contribution in [2.75, 3.05) is 0 Å². The molecule has 0 saturated heterocycles. The fraction of sp³-hybridized carbons (Fsp3) is 0.364. The standard InChI is InChI=1S/C11H14N2O3/c1-2-4-10(11(12)14)8-5-3-6-9(7-8)13(15)16/h3,5-7,10H,2,4H2,1H3,(H2,12,14). The maximum atomic E-state index is 11.2. The van der Waals surface area contributed by atoms with E-state index in [1.54, 1.807) is 12.1 Å². The first-order chi connectivity index (χ1) is 7.56. The molecule has 0 aliphatic rings. The van der Waals surface area contributed by atoms with Crippen LogP contribution in [0.1, 0.15) is 31.2 Å². The molecule has 1 aromatic rings. The number of nitrogens with zero attached hydrogens (tertiary/aromatic N) is 1. The maximum absolute atomic E-state index is 11.2. The van der Waals surface area contributed by atoms with E-state index in [4.69, 9.17) is 5.73 Å². The van der Waals surface area contributed by atoms with Crippen molar-refractivity contribution in [3.63, 3.8) is 0 Å². The zero-order chi connectivity index (χ0) is 12.1. The molecule has 0 aliphatic heterocycles. The highest BCUT2D eigenvalue weighted by Crippen LogP contribution is 2.24. The summed E-state index contributed by atoms with van der Waals surface area (Å²) in [5.41, 5.74) is 5.87. The lowest BCUT2D eigenvalue weighted by molar-refractivity contribution is -0.384. The molecule has 0 saturated carbocycles. The van der Waals surface area contributed by atoms with E-state index in [1.165, 1.54) is 12.1 Å². The van der Waals surface area contributed by atoms with Gasteiger partial charge in [-0.15, -0.1) is 0 Å². The number of carbonyl (C=O) groups excluding carboxylic acids is 1. The highest BCUT2D eigenvalue weighted by molar-refractivity contribution is 5.82. The molecular formula is C11H14N2O3. The van der Waals surface area contributed by atoms with Crippen LogP contribution in [0.4, 0.5) is 5.69 Å². The monoisotopic (exact) mass is 222 g/mol. The van der Waals surface area contributed by atoms with Crippen molar-refractivity contribution in [3.8, 4) is 0 Å². The molecule has 0 aromatic heterocycles. The van der Waals surface area contributed by atoms with Gasteiger partial charge in [0.05, 0.1) is 10.8 Å². The number of benzene rings is 1. The summed E-state index contributed by atoms with van der Waals surface area (Å²) >= 11 is 0. The topological polar surface area (TPSA) is 86.2 Å². The van der Waals surface area contributed by atoms with Gasteiger partial charge in [0.25, 0.3) is 5.69 Å². The minimum atomic E-state index is -0.479. The van der Waals surface area contributed by atoms with E-state index < -0.39 is 16.7 Å². The normalized spacial score (nSPS) is 12.1. The van der Waals surface area contributed by atoms with Gasteiger partial charge in [-0.05, 0) is 12.0 Å². The summed E-state index contributed by atoms with van der Waals surface area (Å²) in [6.45, 7) is 1.94. The largest absolute Gasteiger partial charge is 0.369 e. The number of non-ortho nitro benzene ring substituents is 1. The van der Waals surface area contributed by atoms with Crippen LogP contribution in [0.2, 0.25) is 0 Å². The summed E-state index contributed by atoms with van der Waals surface area (Å²) in [5, 5.41) is 10.6. The second-order valence-electron chi connectivity index (χ2n) is 3.60. The van der Waals surface area contributed by atoms with E-state index in [0.29, 0.717) is 12.0 Å². The molecule has 0 bridgehead atoms. The zero-order valence-electron chi connectivity index (χ0n) is 9.05. The van der Waals surface area contributed by atoms with Gasteiger partial charge in [0.1, 0.15) is 0 Å². The van der Waals surface area contributed by atoms with E-state index >= 15 is 0 Å². The number of rotatable bonds is 5. The minimum Gasteiger partial charge on any atom is -0.369 e. The Balaban J connectivity index is 3.04. The Kier molecular flexibility index (Phi) is 3.99. The van der Waals surface area contributed by atoms with Gasteiger partial charge in [-0.3, -0.25) is 14.9 Å². The van der Waals surface area contributed by atoms with Gasteiger partial charge in [0.15, 0.2) is 0 Å². The van der Waals surface area contributed by atoms with Crippen LogP contribution < -0.4 is 5.73 Å². The van der Waals surface area contributed by atoms with Gasteiger partial charge >= 0.3 is 0 Å². The third kappa shape index (κ3) is 2.79. The van der Waals surface area contributed by atoms with E-state index in [-0.39, 0.29) is 5.69 Å². The van der Waals surface area contributed by atoms with Crippen LogP contribution >= 0.6 is 0 Å². The number of carbonyl (C=O) groups is 1. The molecule has 0 heterocycles. The smallest absolute Gasteiger partial charge is 0.269 e. The van der Waals surface area contributed by atoms with Crippen molar-refractivity contribution >= 4 is 11.6 Å². The van der Waals surface area contributed by atoms with E-state index in [0.717, 1.165) is 6.42 Å². The molecule has 0 radical (unpaired) electrons. The quantitative estimate of drug-likeness (QED) is 0.610. The molecule has 0 fully saturated rings. The zero-order valence-corrected chi connectivity index (χ0v) is 9.05. The lowest BCUT2D eigenvalue weighted by Gasteiger charge is -2.11. The van der Waals surface area contributed by atoms with E-state index in [1.807, 2.05) is 6.92 Å². The predicted molar refractivity (Wildman–Crippen MR) is 59.9 cm³/mol. The summed E-state index contributed by atoms with van der Waals surface area (Å²) in [5.74, 6) is -0.882. The Labute approximate surface area is 93.4 Å². The first-order valence-corrected chi connectivity index (χ1v) is 5.10. The van der Waals surface area contributed by atoms with E-state index in [9.17, 15) is 14.9 Å². The molecule has 0 spiro atoms. The van der Waals surface area contributed by atoms with Crippen LogP contribution in [0.15, 0.2) is 24.3 Å². The van der Waals surface area contributed by atoms with Gasteiger partial charge < -0.3 is 5.73 Å². The molecule has 2 N–H and O–H groups in total. The average molecular weight is 222 g/mol. The number of hydrogen-bond donors (Lipinski definition) is 1. The molecule has 5 nitrogen and oxygen atoms in total. The fourth-order valence-corrected chi connectivity index (χ4v) is 1.62. The first-order valence-electron chi connectivity index (χ1n) is 5.10. The molecule has 5 heteroatoms. The molecule has 1 unspecified atom stereocenters. The van der Waals surface area contributed by atoms with Gasteiger partial charge in [-0.25, -0.2) is 0 Å². The highest BCUT2D eigenvalue weighted by atomic mass is 16.6. The van der Waals surface area contributed by atoms with Crippen LogP contribution in [0, 0.1) is 10.1 Å². The summed E-state index contributed by atoms with van der Waals surface area (Å²) in [4.78, 5) is 21.3. The molecule has 1 rings (SSSR count).